The van der Waals surface area contributed by atoms with Crippen LogP contribution in [-0.4, -0.2) is 53.9 Å². The van der Waals surface area contributed by atoms with Crippen LogP contribution < -0.4 is 0 Å². The number of piperidine rings is 1. The third kappa shape index (κ3) is 3.53. The fourth-order valence-corrected chi connectivity index (χ4v) is 2.29. The van der Waals surface area contributed by atoms with Crippen LogP contribution in [0.5, 0.6) is 0 Å². The van der Waals surface area contributed by atoms with Gasteiger partial charge in [0.1, 0.15) is 0 Å². The quantitative estimate of drug-likeness (QED) is 0.811. The first-order chi connectivity index (χ1) is 8.77. The van der Waals surface area contributed by atoms with Gasteiger partial charge in [-0.25, -0.2) is 0 Å². The summed E-state index contributed by atoms with van der Waals surface area (Å²) in [6, 6.07) is 3.61. The molecule has 98 valence electrons. The smallest absolute Gasteiger partial charge is 0.255 e. The van der Waals surface area contributed by atoms with E-state index in [4.69, 9.17) is 0 Å². The summed E-state index contributed by atoms with van der Waals surface area (Å²) in [6.07, 6.45) is 7.24. The highest BCUT2D eigenvalue weighted by atomic mass is 16.2. The molecule has 2 heterocycles. The Morgan fingerprint density at radius 1 is 1.39 bits per heavy atom. The van der Waals surface area contributed by atoms with Gasteiger partial charge in [-0.1, -0.05) is 6.42 Å². The Bertz CT molecular complexity index is 374. The summed E-state index contributed by atoms with van der Waals surface area (Å²) in [5, 5.41) is 0. The molecule has 0 radical (unpaired) electrons. The number of hydrogen-bond acceptors (Lipinski definition) is 3. The molecule has 1 aromatic rings. The van der Waals surface area contributed by atoms with Crippen molar-refractivity contribution in [3.05, 3.63) is 30.1 Å². The summed E-state index contributed by atoms with van der Waals surface area (Å²) in [6.45, 7) is 4.11. The molecule has 18 heavy (non-hydrogen) atoms. The molecule has 4 nitrogen and oxygen atoms in total. The van der Waals surface area contributed by atoms with Crippen molar-refractivity contribution >= 4 is 5.91 Å². The van der Waals surface area contributed by atoms with Crippen LogP contribution in [0.2, 0.25) is 0 Å². The fraction of sp³-hybridized carbons (Fsp3) is 0.571. The lowest BCUT2D eigenvalue weighted by Crippen LogP contribution is -2.38. The highest BCUT2D eigenvalue weighted by molar-refractivity contribution is 5.93. The Morgan fingerprint density at radius 2 is 2.17 bits per heavy atom. The van der Waals surface area contributed by atoms with E-state index in [0.717, 1.165) is 13.1 Å². The number of likely N-dealkylation sites (tertiary alicyclic amines) is 1. The van der Waals surface area contributed by atoms with Crippen molar-refractivity contribution < 1.29 is 4.79 Å². The number of aromatic nitrogens is 1. The van der Waals surface area contributed by atoms with Crippen molar-refractivity contribution in [2.24, 2.45) is 0 Å². The van der Waals surface area contributed by atoms with E-state index in [1.165, 1.54) is 32.4 Å². The van der Waals surface area contributed by atoms with E-state index in [0.29, 0.717) is 5.56 Å². The molecule has 1 aliphatic rings. The third-order valence-corrected chi connectivity index (χ3v) is 3.46. The maximum absolute atomic E-state index is 12.1. The van der Waals surface area contributed by atoms with Gasteiger partial charge in [0.05, 0.1) is 5.56 Å². The summed E-state index contributed by atoms with van der Waals surface area (Å²) in [7, 11) is 1.86. The van der Waals surface area contributed by atoms with E-state index >= 15 is 0 Å². The average molecular weight is 247 g/mol. The predicted octanol–water partition coefficient (Wildman–Crippen LogP) is 1.64. The van der Waals surface area contributed by atoms with Crippen LogP contribution in [-0.2, 0) is 0 Å². The van der Waals surface area contributed by atoms with Crippen molar-refractivity contribution in [1.29, 1.82) is 0 Å². The monoisotopic (exact) mass is 247 g/mol. The molecule has 2 rings (SSSR count). The van der Waals surface area contributed by atoms with Crippen LogP contribution in [0.4, 0.5) is 0 Å². The first kappa shape index (κ1) is 13.0. The van der Waals surface area contributed by atoms with Crippen molar-refractivity contribution in [3.8, 4) is 0 Å². The van der Waals surface area contributed by atoms with E-state index < -0.39 is 0 Å². The van der Waals surface area contributed by atoms with Crippen LogP contribution in [0.25, 0.3) is 0 Å². The van der Waals surface area contributed by atoms with Crippen LogP contribution in [0, 0.1) is 0 Å². The molecule has 4 heteroatoms. The average Bonchev–Trinajstić information content (AvgIpc) is 2.46. The number of nitrogens with zero attached hydrogens (tertiary/aromatic N) is 3. The molecule has 1 saturated heterocycles. The molecule has 0 bridgehead atoms. The Balaban J connectivity index is 1.80. The normalized spacial score (nSPS) is 16.5. The minimum Gasteiger partial charge on any atom is -0.340 e. The molecule has 1 fully saturated rings. The zero-order valence-electron chi connectivity index (χ0n) is 11.0. The third-order valence-electron chi connectivity index (χ3n) is 3.46. The largest absolute Gasteiger partial charge is 0.340 e. The molecule has 0 spiro atoms. The second kappa shape index (κ2) is 6.50. The zero-order valence-corrected chi connectivity index (χ0v) is 11.0. The Kier molecular flexibility index (Phi) is 4.70. The number of hydrogen-bond donors (Lipinski definition) is 0. The maximum Gasteiger partial charge on any atom is 0.255 e. The standard InChI is InChI=1S/C14H21N3O/c1-16(10-11-17-8-3-2-4-9-17)14(18)13-6-5-7-15-12-13/h5-7,12H,2-4,8-11H2,1H3. The van der Waals surface area contributed by atoms with Crippen LogP contribution in [0.1, 0.15) is 29.6 Å². The number of rotatable bonds is 4. The Labute approximate surface area is 109 Å². The first-order valence-electron chi connectivity index (χ1n) is 6.65. The molecule has 0 atom stereocenters. The first-order valence-corrected chi connectivity index (χ1v) is 6.65. The van der Waals surface area contributed by atoms with E-state index in [2.05, 4.69) is 9.88 Å². The lowest BCUT2D eigenvalue weighted by atomic mass is 10.1. The van der Waals surface area contributed by atoms with Crippen molar-refractivity contribution in [2.45, 2.75) is 19.3 Å². The van der Waals surface area contributed by atoms with Gasteiger partial charge in [-0.15, -0.1) is 0 Å². The van der Waals surface area contributed by atoms with Gasteiger partial charge in [0.25, 0.3) is 5.91 Å². The summed E-state index contributed by atoms with van der Waals surface area (Å²) >= 11 is 0. The number of likely N-dealkylation sites (N-methyl/N-ethyl adjacent to an activating group) is 1. The van der Waals surface area contributed by atoms with E-state index in [-0.39, 0.29) is 5.91 Å². The van der Waals surface area contributed by atoms with Gasteiger partial charge in [-0.3, -0.25) is 9.78 Å². The van der Waals surface area contributed by atoms with E-state index in [9.17, 15) is 4.79 Å². The van der Waals surface area contributed by atoms with Gasteiger partial charge in [-0.2, -0.15) is 0 Å². The zero-order chi connectivity index (χ0) is 12.8. The van der Waals surface area contributed by atoms with Crippen molar-refractivity contribution in [3.63, 3.8) is 0 Å². The lowest BCUT2D eigenvalue weighted by Gasteiger charge is -2.28. The molecule has 1 aromatic heterocycles. The van der Waals surface area contributed by atoms with Crippen molar-refractivity contribution in [1.82, 2.24) is 14.8 Å². The summed E-state index contributed by atoms with van der Waals surface area (Å²) in [5.74, 6) is 0.0557. The van der Waals surface area contributed by atoms with Crippen LogP contribution >= 0.6 is 0 Å². The van der Waals surface area contributed by atoms with Gasteiger partial charge < -0.3 is 9.80 Å². The van der Waals surface area contributed by atoms with Crippen LogP contribution in [0.15, 0.2) is 24.5 Å². The summed E-state index contributed by atoms with van der Waals surface area (Å²) in [5.41, 5.74) is 0.665. The Morgan fingerprint density at radius 3 is 2.83 bits per heavy atom. The van der Waals surface area contributed by atoms with Gasteiger partial charge in [-0.05, 0) is 38.1 Å². The van der Waals surface area contributed by atoms with Crippen molar-refractivity contribution in [2.75, 3.05) is 33.2 Å². The van der Waals surface area contributed by atoms with Gasteiger partial charge in [0.2, 0.25) is 0 Å². The van der Waals surface area contributed by atoms with Gasteiger partial charge in [0.15, 0.2) is 0 Å². The molecule has 0 aliphatic carbocycles. The number of amides is 1. The molecular weight excluding hydrogens is 226 g/mol. The summed E-state index contributed by atoms with van der Waals surface area (Å²) in [4.78, 5) is 20.3. The SMILES string of the molecule is CN(CCN1CCCCC1)C(=O)c1cccnc1. The number of carbonyl (C=O) groups is 1. The molecule has 0 saturated carbocycles. The summed E-state index contributed by atoms with van der Waals surface area (Å²) < 4.78 is 0. The molecule has 0 unspecified atom stereocenters. The Hall–Kier alpha value is -1.42. The fourth-order valence-electron chi connectivity index (χ4n) is 2.29. The molecule has 0 N–H and O–H groups in total. The topological polar surface area (TPSA) is 36.4 Å². The maximum atomic E-state index is 12.1. The number of pyridine rings is 1. The lowest BCUT2D eigenvalue weighted by molar-refractivity contribution is 0.0772. The molecular formula is C14H21N3O. The molecule has 0 aromatic carbocycles. The predicted molar refractivity (Wildman–Crippen MR) is 71.5 cm³/mol. The molecule has 1 amide bonds. The van der Waals surface area contributed by atoms with Gasteiger partial charge in [0, 0.05) is 32.5 Å². The second-order valence-electron chi connectivity index (χ2n) is 4.87. The minimum absolute atomic E-state index is 0.0557. The van der Waals surface area contributed by atoms with Crippen LogP contribution in [0.3, 0.4) is 0 Å². The highest BCUT2D eigenvalue weighted by Crippen LogP contribution is 2.08. The molecule has 1 aliphatic heterocycles. The second-order valence-corrected chi connectivity index (χ2v) is 4.87. The van der Waals surface area contributed by atoms with E-state index in [1.807, 2.05) is 13.1 Å². The minimum atomic E-state index is 0.0557. The van der Waals surface area contributed by atoms with E-state index in [1.54, 1.807) is 23.4 Å². The highest BCUT2D eigenvalue weighted by Gasteiger charge is 2.14. The van der Waals surface area contributed by atoms with Gasteiger partial charge >= 0.3 is 0 Å². The number of carbonyl (C=O) groups excluding carboxylic acids is 1.